The van der Waals surface area contributed by atoms with Gasteiger partial charge in [-0.05, 0) is 35.4 Å². The van der Waals surface area contributed by atoms with E-state index in [2.05, 4.69) is 0 Å². The van der Waals surface area contributed by atoms with Gasteiger partial charge >= 0.3 is 7.69 Å². The lowest BCUT2D eigenvalue weighted by Gasteiger charge is -2.08. The Morgan fingerprint density at radius 3 is 1.37 bits per heavy atom. The van der Waals surface area contributed by atoms with Crippen molar-refractivity contribution in [1.29, 1.82) is 0 Å². The normalized spacial score (nSPS) is 10.0. The van der Waals surface area contributed by atoms with Crippen LogP contribution in [-0.2, 0) is 13.2 Å². The first-order chi connectivity index (χ1) is 9.31. The summed E-state index contributed by atoms with van der Waals surface area (Å²) < 4.78 is 10.8. The van der Waals surface area contributed by atoms with E-state index >= 15 is 0 Å². The molecule has 5 heteroatoms. The van der Waals surface area contributed by atoms with Crippen molar-refractivity contribution in [2.24, 2.45) is 0 Å². The molecular weight excluding hydrogens is 243 g/mol. The van der Waals surface area contributed by atoms with Crippen LogP contribution in [0.2, 0.25) is 0 Å². The summed E-state index contributed by atoms with van der Waals surface area (Å²) in [4.78, 5) is 0. The third kappa shape index (κ3) is 4.01. The lowest BCUT2D eigenvalue weighted by molar-refractivity contribution is 0.281. The molecule has 0 aliphatic heterocycles. The molecule has 0 fully saturated rings. The lowest BCUT2D eigenvalue weighted by Crippen LogP contribution is -2.10. The van der Waals surface area contributed by atoms with Gasteiger partial charge in [0.25, 0.3) is 0 Å². The van der Waals surface area contributed by atoms with Crippen LogP contribution in [-0.4, -0.2) is 17.9 Å². The molecule has 2 rings (SSSR count). The first-order valence-corrected chi connectivity index (χ1v) is 5.97. The molecule has 19 heavy (non-hydrogen) atoms. The summed E-state index contributed by atoms with van der Waals surface area (Å²) in [5.41, 5.74) is 1.68. The smallest absolute Gasteiger partial charge is 0.529 e. The van der Waals surface area contributed by atoms with Crippen molar-refractivity contribution >= 4 is 7.69 Å². The van der Waals surface area contributed by atoms with Crippen LogP contribution in [0.25, 0.3) is 0 Å². The molecule has 0 aliphatic rings. The summed E-state index contributed by atoms with van der Waals surface area (Å²) in [7, 11) is 0.108. The van der Waals surface area contributed by atoms with Crippen LogP contribution in [0.3, 0.4) is 0 Å². The summed E-state index contributed by atoms with van der Waals surface area (Å²) in [6, 6.07) is 14.3. The van der Waals surface area contributed by atoms with E-state index in [4.69, 9.17) is 19.5 Å². The minimum Gasteiger partial charge on any atom is -0.529 e. The Balaban J connectivity index is 1.81. The van der Waals surface area contributed by atoms with Crippen LogP contribution in [0, 0.1) is 0 Å². The molecule has 0 saturated carbocycles. The Bertz CT molecular complexity index is 448. The highest BCUT2D eigenvalue weighted by Gasteiger charge is 2.00. The second-order valence-electron chi connectivity index (χ2n) is 4.01. The molecule has 0 unspecified atom stereocenters. The number of aliphatic hydroxyl groups excluding tert-OH is 2. The highest BCUT2D eigenvalue weighted by atomic mass is 16.6. The van der Waals surface area contributed by atoms with E-state index in [0.717, 1.165) is 11.1 Å². The molecule has 2 aromatic rings. The highest BCUT2D eigenvalue weighted by Crippen LogP contribution is 2.14. The van der Waals surface area contributed by atoms with Gasteiger partial charge < -0.3 is 19.5 Å². The third-order valence-corrected chi connectivity index (χ3v) is 2.66. The second-order valence-corrected chi connectivity index (χ2v) is 4.01. The van der Waals surface area contributed by atoms with Crippen LogP contribution in [0.4, 0.5) is 0 Å². The zero-order chi connectivity index (χ0) is 13.5. The maximum absolute atomic E-state index is 8.91. The van der Waals surface area contributed by atoms with Gasteiger partial charge in [0, 0.05) is 0 Å². The monoisotopic (exact) mass is 258 g/mol. The largest absolute Gasteiger partial charge is 0.576 e. The average Bonchev–Trinajstić information content (AvgIpc) is 2.49. The fourth-order valence-corrected chi connectivity index (χ4v) is 1.55. The van der Waals surface area contributed by atoms with Gasteiger partial charge in [0.2, 0.25) is 0 Å². The van der Waals surface area contributed by atoms with Gasteiger partial charge in [-0.1, -0.05) is 24.3 Å². The average molecular weight is 258 g/mol. The van der Waals surface area contributed by atoms with Gasteiger partial charge in [0.05, 0.1) is 13.2 Å². The van der Waals surface area contributed by atoms with Gasteiger partial charge in [-0.2, -0.15) is 0 Å². The number of rotatable bonds is 6. The molecule has 2 aromatic carbocycles. The van der Waals surface area contributed by atoms with E-state index in [9.17, 15) is 0 Å². The Morgan fingerprint density at radius 2 is 1.05 bits per heavy atom. The molecule has 98 valence electrons. The SMILES string of the molecule is OCc1ccc(OBOc2ccc(CO)cc2)cc1. The molecule has 0 heterocycles. The van der Waals surface area contributed by atoms with Gasteiger partial charge in [0.1, 0.15) is 11.5 Å². The maximum atomic E-state index is 8.91. The molecule has 4 nitrogen and oxygen atoms in total. The molecule has 0 radical (unpaired) electrons. The minimum atomic E-state index is 0.0218. The molecule has 0 bridgehead atoms. The molecular formula is C14H15BO4. The molecule has 0 amide bonds. The van der Waals surface area contributed by atoms with E-state index in [1.807, 2.05) is 0 Å². The molecule has 0 atom stereocenters. The first-order valence-electron chi connectivity index (χ1n) is 5.97. The predicted octanol–water partition coefficient (Wildman–Crippen LogP) is 1.40. The third-order valence-electron chi connectivity index (χ3n) is 2.66. The van der Waals surface area contributed by atoms with E-state index in [1.165, 1.54) is 0 Å². The van der Waals surface area contributed by atoms with Crippen LogP contribution in [0.5, 0.6) is 11.5 Å². The second kappa shape index (κ2) is 6.82. The number of benzene rings is 2. The van der Waals surface area contributed by atoms with E-state index in [0.29, 0.717) is 11.5 Å². The van der Waals surface area contributed by atoms with Crippen LogP contribution >= 0.6 is 0 Å². The van der Waals surface area contributed by atoms with Crippen molar-refractivity contribution < 1.29 is 19.5 Å². The molecule has 0 saturated heterocycles. The predicted molar refractivity (Wildman–Crippen MR) is 73.1 cm³/mol. The molecule has 0 aliphatic carbocycles. The molecule has 2 N–H and O–H groups in total. The summed E-state index contributed by atoms with van der Waals surface area (Å²) in [6.07, 6.45) is 0. The zero-order valence-electron chi connectivity index (χ0n) is 10.5. The summed E-state index contributed by atoms with van der Waals surface area (Å²) in [5, 5.41) is 17.8. The Morgan fingerprint density at radius 1 is 0.684 bits per heavy atom. The quantitative estimate of drug-likeness (QED) is 0.769. The maximum Gasteiger partial charge on any atom is 0.576 e. The van der Waals surface area contributed by atoms with Crippen molar-refractivity contribution in [1.82, 2.24) is 0 Å². The van der Waals surface area contributed by atoms with Gasteiger partial charge in [0.15, 0.2) is 0 Å². The minimum absolute atomic E-state index is 0.0218. The summed E-state index contributed by atoms with van der Waals surface area (Å²) in [5.74, 6) is 1.37. The summed E-state index contributed by atoms with van der Waals surface area (Å²) in [6.45, 7) is 0.0436. The van der Waals surface area contributed by atoms with Crippen molar-refractivity contribution in [3.63, 3.8) is 0 Å². The van der Waals surface area contributed by atoms with Gasteiger partial charge in [-0.15, -0.1) is 0 Å². The fourth-order valence-electron chi connectivity index (χ4n) is 1.55. The first kappa shape index (κ1) is 13.5. The van der Waals surface area contributed by atoms with Crippen molar-refractivity contribution in [3.8, 4) is 11.5 Å². The van der Waals surface area contributed by atoms with Crippen molar-refractivity contribution in [2.45, 2.75) is 13.2 Å². The number of hydrogen-bond donors (Lipinski definition) is 2. The topological polar surface area (TPSA) is 58.9 Å². The Hall–Kier alpha value is -1.98. The van der Waals surface area contributed by atoms with Gasteiger partial charge in [-0.25, -0.2) is 0 Å². The standard InChI is InChI=1S/C14H15BO4/c16-9-11-1-5-13(6-2-11)18-15-19-14-7-3-12(10-17)4-8-14/h1-8,15-17H,9-10H2. The highest BCUT2D eigenvalue weighted by molar-refractivity contribution is 6.20. The van der Waals surface area contributed by atoms with Crippen LogP contribution in [0.1, 0.15) is 11.1 Å². The van der Waals surface area contributed by atoms with Gasteiger partial charge in [-0.3, -0.25) is 0 Å². The summed E-state index contributed by atoms with van der Waals surface area (Å²) >= 11 is 0. The lowest BCUT2D eigenvalue weighted by atomic mass is 10.2. The van der Waals surface area contributed by atoms with Crippen LogP contribution < -0.4 is 9.31 Å². The Kier molecular flexibility index (Phi) is 4.83. The van der Waals surface area contributed by atoms with Crippen molar-refractivity contribution in [3.05, 3.63) is 59.7 Å². The zero-order valence-corrected chi connectivity index (χ0v) is 10.5. The number of hydrogen-bond acceptors (Lipinski definition) is 4. The fraction of sp³-hybridized carbons (Fsp3) is 0.143. The molecule has 0 aromatic heterocycles. The Labute approximate surface area is 112 Å². The van der Waals surface area contributed by atoms with E-state index in [-0.39, 0.29) is 20.9 Å². The number of aliphatic hydroxyl groups is 2. The molecule has 0 spiro atoms. The van der Waals surface area contributed by atoms with E-state index in [1.54, 1.807) is 48.5 Å². The van der Waals surface area contributed by atoms with Crippen LogP contribution in [0.15, 0.2) is 48.5 Å². The van der Waals surface area contributed by atoms with E-state index < -0.39 is 0 Å². The van der Waals surface area contributed by atoms with Crippen molar-refractivity contribution in [2.75, 3.05) is 0 Å².